The van der Waals surface area contributed by atoms with E-state index in [4.69, 9.17) is 0 Å². The zero-order chi connectivity index (χ0) is 22.0. The van der Waals surface area contributed by atoms with Gasteiger partial charge in [0, 0.05) is 0 Å². The van der Waals surface area contributed by atoms with E-state index in [0.29, 0.717) is 0 Å². The van der Waals surface area contributed by atoms with Gasteiger partial charge in [0.05, 0.1) is 0 Å². The Bertz CT molecular complexity index is 1080. The van der Waals surface area contributed by atoms with Crippen molar-refractivity contribution in [3.63, 3.8) is 0 Å². The minimum atomic E-state index is 1.11. The van der Waals surface area contributed by atoms with E-state index in [-0.39, 0.29) is 0 Å². The number of benzene rings is 4. The van der Waals surface area contributed by atoms with Crippen LogP contribution in [0.25, 0.3) is 11.1 Å². The molecule has 0 amide bonds. The lowest BCUT2D eigenvalue weighted by atomic mass is 9.83. The fourth-order valence-electron chi connectivity index (χ4n) is 4.43. The molecule has 0 bridgehead atoms. The summed E-state index contributed by atoms with van der Waals surface area (Å²) >= 11 is 0. The molecule has 0 saturated carbocycles. The fraction of sp³-hybridized carbons (Fsp3) is 0.188. The SMILES string of the molecule is CCCCCCc1ccccc1C(=C(c1ccccc1)c1ccccc1)c1ccccc1. The van der Waals surface area contributed by atoms with Crippen LogP contribution in [0, 0.1) is 0 Å². The number of rotatable bonds is 9. The van der Waals surface area contributed by atoms with Gasteiger partial charge in [-0.15, -0.1) is 0 Å². The van der Waals surface area contributed by atoms with Crippen molar-refractivity contribution in [3.8, 4) is 0 Å². The molecule has 0 heteroatoms. The van der Waals surface area contributed by atoms with Crippen LogP contribution in [0.15, 0.2) is 115 Å². The zero-order valence-electron chi connectivity index (χ0n) is 19.0. The largest absolute Gasteiger partial charge is 0.0654 e. The standard InChI is InChI=1S/C32H32/c1-2-3-4-8-17-26-18-15-16-25-30(26)32(29-23-13-7-14-24-29)31(27-19-9-5-10-20-27)28-21-11-6-12-22-28/h5-7,9-16,18-25H,2-4,8,17H2,1H3. The molecular weight excluding hydrogens is 384 g/mol. The number of hydrogen-bond acceptors (Lipinski definition) is 0. The second-order valence-corrected chi connectivity index (χ2v) is 8.32. The van der Waals surface area contributed by atoms with E-state index in [1.165, 1.54) is 64.6 Å². The van der Waals surface area contributed by atoms with E-state index in [1.54, 1.807) is 0 Å². The van der Waals surface area contributed by atoms with Gasteiger partial charge >= 0.3 is 0 Å². The first-order chi connectivity index (χ1) is 15.9. The molecule has 32 heavy (non-hydrogen) atoms. The van der Waals surface area contributed by atoms with Gasteiger partial charge < -0.3 is 0 Å². The van der Waals surface area contributed by atoms with Crippen LogP contribution in [0.5, 0.6) is 0 Å². The minimum Gasteiger partial charge on any atom is -0.0654 e. The summed E-state index contributed by atoms with van der Waals surface area (Å²) in [6.45, 7) is 2.27. The molecule has 4 rings (SSSR count). The molecule has 0 spiro atoms. The third-order valence-electron chi connectivity index (χ3n) is 6.02. The van der Waals surface area contributed by atoms with Crippen LogP contribution in [0.1, 0.15) is 60.4 Å². The topological polar surface area (TPSA) is 0 Å². The molecule has 0 aliphatic heterocycles. The Morgan fingerprint density at radius 2 is 0.938 bits per heavy atom. The summed E-state index contributed by atoms with van der Waals surface area (Å²) in [6.07, 6.45) is 6.22. The number of aryl methyl sites for hydroxylation is 1. The van der Waals surface area contributed by atoms with Crippen molar-refractivity contribution < 1.29 is 0 Å². The third-order valence-corrected chi connectivity index (χ3v) is 6.02. The van der Waals surface area contributed by atoms with Gasteiger partial charge in [0.2, 0.25) is 0 Å². The van der Waals surface area contributed by atoms with E-state index in [1.807, 2.05) is 0 Å². The van der Waals surface area contributed by atoms with Crippen LogP contribution in [0.3, 0.4) is 0 Å². The molecule has 0 radical (unpaired) electrons. The van der Waals surface area contributed by atoms with Gasteiger partial charge in [-0.2, -0.15) is 0 Å². The van der Waals surface area contributed by atoms with Crippen molar-refractivity contribution in [2.75, 3.05) is 0 Å². The van der Waals surface area contributed by atoms with E-state index >= 15 is 0 Å². The highest BCUT2D eigenvalue weighted by atomic mass is 14.2. The maximum absolute atomic E-state index is 2.32. The molecule has 0 N–H and O–H groups in total. The normalized spacial score (nSPS) is 10.7. The predicted octanol–water partition coefficient (Wildman–Crippen LogP) is 8.82. The highest BCUT2D eigenvalue weighted by Gasteiger charge is 2.18. The van der Waals surface area contributed by atoms with Gasteiger partial charge in [0.15, 0.2) is 0 Å². The Morgan fingerprint density at radius 3 is 1.47 bits per heavy atom. The monoisotopic (exact) mass is 416 g/mol. The molecule has 0 fully saturated rings. The first-order valence-corrected chi connectivity index (χ1v) is 11.9. The molecule has 4 aromatic rings. The summed E-state index contributed by atoms with van der Waals surface area (Å²) in [5.74, 6) is 0. The second kappa shape index (κ2) is 11.3. The second-order valence-electron chi connectivity index (χ2n) is 8.32. The smallest absolute Gasteiger partial charge is 0.00240 e. The zero-order valence-corrected chi connectivity index (χ0v) is 19.0. The van der Waals surface area contributed by atoms with Crippen LogP contribution < -0.4 is 0 Å². The summed E-state index contributed by atoms with van der Waals surface area (Å²) in [6, 6.07) is 41.5. The van der Waals surface area contributed by atoms with Crippen molar-refractivity contribution in [3.05, 3.63) is 143 Å². The molecule has 4 aromatic carbocycles. The molecule has 0 nitrogen and oxygen atoms in total. The maximum atomic E-state index is 2.32. The lowest BCUT2D eigenvalue weighted by molar-refractivity contribution is 0.666. The lowest BCUT2D eigenvalue weighted by Crippen LogP contribution is -2.01. The first-order valence-electron chi connectivity index (χ1n) is 11.9. The van der Waals surface area contributed by atoms with Gasteiger partial charge in [-0.05, 0) is 51.8 Å². The molecular formula is C32H32. The lowest BCUT2D eigenvalue weighted by Gasteiger charge is -2.20. The summed E-state index contributed by atoms with van der Waals surface area (Å²) < 4.78 is 0. The summed E-state index contributed by atoms with van der Waals surface area (Å²) in [4.78, 5) is 0. The first kappa shape index (κ1) is 21.8. The maximum Gasteiger partial charge on any atom is -0.00240 e. The van der Waals surface area contributed by atoms with Crippen molar-refractivity contribution in [1.29, 1.82) is 0 Å². The highest BCUT2D eigenvalue weighted by Crippen LogP contribution is 2.38. The van der Waals surface area contributed by atoms with Crippen LogP contribution in [-0.4, -0.2) is 0 Å². The Hall–Kier alpha value is -3.38. The Balaban J connectivity index is 1.96. The fourth-order valence-corrected chi connectivity index (χ4v) is 4.43. The van der Waals surface area contributed by atoms with E-state index in [9.17, 15) is 0 Å². The van der Waals surface area contributed by atoms with Crippen LogP contribution in [0.2, 0.25) is 0 Å². The summed E-state index contributed by atoms with van der Waals surface area (Å²) in [7, 11) is 0. The summed E-state index contributed by atoms with van der Waals surface area (Å²) in [5, 5.41) is 0. The molecule has 0 aliphatic rings. The Morgan fingerprint density at radius 1 is 0.469 bits per heavy atom. The Kier molecular flexibility index (Phi) is 7.71. The van der Waals surface area contributed by atoms with Gasteiger partial charge in [-0.25, -0.2) is 0 Å². The van der Waals surface area contributed by atoms with Gasteiger partial charge in [-0.3, -0.25) is 0 Å². The van der Waals surface area contributed by atoms with E-state index in [0.717, 1.165) is 6.42 Å². The number of unbranched alkanes of at least 4 members (excludes halogenated alkanes) is 3. The van der Waals surface area contributed by atoms with Crippen LogP contribution >= 0.6 is 0 Å². The quantitative estimate of drug-likeness (QED) is 0.189. The highest BCUT2D eigenvalue weighted by molar-refractivity contribution is 6.05. The van der Waals surface area contributed by atoms with E-state index in [2.05, 4.69) is 122 Å². The van der Waals surface area contributed by atoms with E-state index < -0.39 is 0 Å². The third kappa shape index (κ3) is 5.26. The summed E-state index contributed by atoms with van der Waals surface area (Å²) in [5.41, 5.74) is 9.14. The average molecular weight is 417 g/mol. The van der Waals surface area contributed by atoms with Gasteiger partial charge in [0.1, 0.15) is 0 Å². The minimum absolute atomic E-state index is 1.11. The molecule has 0 aromatic heterocycles. The van der Waals surface area contributed by atoms with Crippen molar-refractivity contribution in [2.45, 2.75) is 39.0 Å². The van der Waals surface area contributed by atoms with Gasteiger partial charge in [-0.1, -0.05) is 141 Å². The van der Waals surface area contributed by atoms with Crippen LogP contribution in [-0.2, 0) is 6.42 Å². The number of hydrogen-bond donors (Lipinski definition) is 0. The van der Waals surface area contributed by atoms with Crippen molar-refractivity contribution in [1.82, 2.24) is 0 Å². The molecule has 0 heterocycles. The van der Waals surface area contributed by atoms with Crippen molar-refractivity contribution >= 4 is 11.1 Å². The molecule has 160 valence electrons. The Labute approximate surface area is 193 Å². The van der Waals surface area contributed by atoms with Gasteiger partial charge in [0.25, 0.3) is 0 Å². The average Bonchev–Trinajstić information content (AvgIpc) is 2.87. The molecule has 0 unspecified atom stereocenters. The molecule has 0 saturated heterocycles. The molecule has 0 aliphatic carbocycles. The van der Waals surface area contributed by atoms with Crippen molar-refractivity contribution in [2.24, 2.45) is 0 Å². The van der Waals surface area contributed by atoms with Crippen LogP contribution in [0.4, 0.5) is 0 Å². The predicted molar refractivity (Wildman–Crippen MR) is 139 cm³/mol. The molecule has 0 atom stereocenters.